The molecule has 0 aromatic heterocycles. The second-order valence-corrected chi connectivity index (χ2v) is 21.0. The average Bonchev–Trinajstić information content (AvgIpc) is 3.85. The van der Waals surface area contributed by atoms with E-state index < -0.39 is 5.60 Å². The fourth-order valence-corrected chi connectivity index (χ4v) is 11.9. The molecule has 1 aliphatic carbocycles. The summed E-state index contributed by atoms with van der Waals surface area (Å²) in [5, 5.41) is 10.1. The van der Waals surface area contributed by atoms with Gasteiger partial charge in [0.1, 0.15) is 17.1 Å². The summed E-state index contributed by atoms with van der Waals surface area (Å²) in [7, 11) is 3.40. The lowest BCUT2D eigenvalue weighted by molar-refractivity contribution is -0.439. The highest BCUT2D eigenvalue weighted by Gasteiger charge is 2.46. The zero-order valence-electron chi connectivity index (χ0n) is 44.3. The van der Waals surface area contributed by atoms with E-state index in [2.05, 4.69) is 209 Å². The van der Waals surface area contributed by atoms with E-state index in [1.165, 1.54) is 61.9 Å². The molecule has 1 N–H and O–H groups in total. The van der Waals surface area contributed by atoms with Gasteiger partial charge in [-0.2, -0.15) is 4.58 Å². The monoisotopic (exact) mass is 961 g/mol. The number of aliphatic hydroxyl groups is 1. The first-order valence-corrected chi connectivity index (χ1v) is 26.0. The molecule has 7 nitrogen and oxygen atoms in total. The summed E-state index contributed by atoms with van der Waals surface area (Å²) in [6, 6.07) is 47.9. The number of hydrogen-bond donors (Lipinski definition) is 1. The maximum Gasteiger partial charge on any atom is 0.209 e. The summed E-state index contributed by atoms with van der Waals surface area (Å²) in [4.78, 5) is 4.89. The Balaban J connectivity index is 1.04. The van der Waals surface area contributed by atoms with E-state index in [0.717, 1.165) is 60.8 Å². The molecule has 0 radical (unpaired) electrons. The highest BCUT2D eigenvalue weighted by molar-refractivity contribution is 6.03. The van der Waals surface area contributed by atoms with Gasteiger partial charge in [0, 0.05) is 78.3 Å². The normalized spacial score (nSPS) is 16.7. The molecule has 2 heterocycles. The van der Waals surface area contributed by atoms with Crippen molar-refractivity contribution in [1.82, 2.24) is 0 Å². The van der Waals surface area contributed by atoms with E-state index >= 15 is 0 Å². The van der Waals surface area contributed by atoms with Gasteiger partial charge >= 0.3 is 0 Å². The van der Waals surface area contributed by atoms with Crippen LogP contribution in [0.25, 0.3) is 11.1 Å². The number of rotatable bonds is 19. The first-order chi connectivity index (χ1) is 34.8. The molecule has 0 bridgehead atoms. The number of anilines is 2. The number of allylic oxidation sites excluding steroid dienone is 6. The van der Waals surface area contributed by atoms with Gasteiger partial charge in [-0.3, -0.25) is 0 Å². The lowest BCUT2D eigenvalue weighted by Crippen LogP contribution is -2.34. The first-order valence-electron chi connectivity index (χ1n) is 26.0. The molecule has 0 spiro atoms. The van der Waals surface area contributed by atoms with Crippen LogP contribution in [0.1, 0.15) is 107 Å². The first kappa shape index (κ1) is 50.3. The molecule has 6 aromatic carbocycles. The van der Waals surface area contributed by atoms with Crippen molar-refractivity contribution in [3.05, 3.63) is 208 Å². The third-order valence-electron chi connectivity index (χ3n) is 15.9. The largest absolute Gasteiger partial charge is 0.497 e. The van der Waals surface area contributed by atoms with Gasteiger partial charge in [-0.15, -0.1) is 0 Å². The molecule has 0 amide bonds. The maximum atomic E-state index is 10.1. The van der Waals surface area contributed by atoms with Crippen molar-refractivity contribution in [3.63, 3.8) is 0 Å². The molecule has 0 fully saturated rings. The van der Waals surface area contributed by atoms with E-state index in [4.69, 9.17) is 14.2 Å². The standard InChI is InChI=1S/C65H74N3O4/c1-11-66(12-2)49-33-38-58-56(43-49)63(5,6)60(67(58)40-22-42-72-65(46-23-15-13-16-24-46,47-29-34-50(70-9)35-30-47)48-31-36-51(71-10)37-32-48)27-17-14-18-28-61-64(7,8)57-44-53-52-25-19-20-26-54(52)62(3,4)55(53)45-59(57)68(61)39-21-41-69/h13-20,23-38,43-45,69H,11-12,21-22,39-42H2,1-10H3/q+1. The molecule has 72 heavy (non-hydrogen) atoms. The van der Waals surface area contributed by atoms with Gasteiger partial charge in [-0.05, 0) is 133 Å². The summed E-state index contributed by atoms with van der Waals surface area (Å²) in [6.07, 6.45) is 12.7. The van der Waals surface area contributed by atoms with Gasteiger partial charge in [0.25, 0.3) is 0 Å². The Morgan fingerprint density at radius 2 is 1.25 bits per heavy atom. The lowest BCUT2D eigenvalue weighted by Gasteiger charge is -2.36. The molecule has 7 heteroatoms. The van der Waals surface area contributed by atoms with Crippen molar-refractivity contribution in [1.29, 1.82) is 0 Å². The minimum Gasteiger partial charge on any atom is -0.497 e. The maximum absolute atomic E-state index is 10.1. The Hall–Kier alpha value is -6.67. The minimum atomic E-state index is -0.891. The van der Waals surface area contributed by atoms with Crippen molar-refractivity contribution in [2.45, 2.75) is 90.1 Å². The van der Waals surface area contributed by atoms with Crippen molar-refractivity contribution in [2.75, 3.05) is 63.4 Å². The molecule has 0 unspecified atom stereocenters. The zero-order valence-corrected chi connectivity index (χ0v) is 44.3. The third kappa shape index (κ3) is 8.79. The van der Waals surface area contributed by atoms with E-state index in [9.17, 15) is 5.11 Å². The van der Waals surface area contributed by atoms with Crippen LogP contribution in [0, 0.1) is 0 Å². The minimum absolute atomic E-state index is 0.0919. The van der Waals surface area contributed by atoms with Crippen molar-refractivity contribution in [2.24, 2.45) is 0 Å². The number of ether oxygens (including phenoxy) is 3. The Bertz CT molecular complexity index is 2980. The van der Waals surface area contributed by atoms with Gasteiger partial charge in [0.05, 0.1) is 26.2 Å². The molecule has 6 aromatic rings. The van der Waals surface area contributed by atoms with Crippen LogP contribution in [0.3, 0.4) is 0 Å². The molecular weight excluding hydrogens is 887 g/mol. The van der Waals surface area contributed by atoms with Crippen molar-refractivity contribution < 1.29 is 23.9 Å². The SMILES string of the molecule is CCN(CC)c1ccc2c(c1)C(C)(C)C(/C=C/C=C/C=C1/N(CCCO)c3cc4c(cc3C1(C)C)-c1ccccc1C4(C)C)=[N+]2CCCOC(c1ccccc1)(c1ccc(OC)cc1)c1ccc(OC)cc1. The quantitative estimate of drug-likeness (QED) is 0.0378. The van der Waals surface area contributed by atoms with E-state index in [1.807, 2.05) is 24.3 Å². The fraction of sp³-hybridized carbons (Fsp3) is 0.338. The van der Waals surface area contributed by atoms with Crippen LogP contribution in [0.2, 0.25) is 0 Å². The van der Waals surface area contributed by atoms with E-state index in [1.54, 1.807) is 14.2 Å². The summed E-state index contributed by atoms with van der Waals surface area (Å²) < 4.78 is 21.1. The molecular formula is C65H74N3O4+. The van der Waals surface area contributed by atoms with E-state index in [0.29, 0.717) is 13.0 Å². The summed E-state index contributed by atoms with van der Waals surface area (Å²) >= 11 is 0. The molecule has 0 saturated carbocycles. The van der Waals surface area contributed by atoms with Crippen molar-refractivity contribution in [3.8, 4) is 22.6 Å². The predicted molar refractivity (Wildman–Crippen MR) is 298 cm³/mol. The average molecular weight is 961 g/mol. The van der Waals surface area contributed by atoms with Gasteiger partial charge in [0.2, 0.25) is 5.69 Å². The highest BCUT2D eigenvalue weighted by atomic mass is 16.5. The van der Waals surface area contributed by atoms with Crippen LogP contribution in [0.4, 0.5) is 17.1 Å². The van der Waals surface area contributed by atoms with E-state index in [-0.39, 0.29) is 22.9 Å². The van der Waals surface area contributed by atoms with Crippen LogP contribution in [0.15, 0.2) is 170 Å². The van der Waals surface area contributed by atoms with Crippen LogP contribution in [-0.4, -0.2) is 69.0 Å². The number of nitrogens with zero attached hydrogens (tertiary/aromatic N) is 3. The Labute approximate surface area is 429 Å². The topological polar surface area (TPSA) is 57.4 Å². The molecule has 0 saturated heterocycles. The smallest absolute Gasteiger partial charge is 0.209 e. The molecule has 2 aliphatic heterocycles. The second-order valence-electron chi connectivity index (χ2n) is 21.0. The number of hydrogen-bond acceptors (Lipinski definition) is 6. The molecule has 3 aliphatic rings. The molecule has 372 valence electrons. The van der Waals surface area contributed by atoms with Crippen LogP contribution in [0.5, 0.6) is 11.5 Å². The van der Waals surface area contributed by atoms with Crippen LogP contribution >= 0.6 is 0 Å². The number of benzene rings is 6. The van der Waals surface area contributed by atoms with Gasteiger partial charge in [-0.1, -0.05) is 125 Å². The lowest BCUT2D eigenvalue weighted by atomic mass is 9.79. The second kappa shape index (κ2) is 20.4. The summed E-state index contributed by atoms with van der Waals surface area (Å²) in [5.41, 5.74) is 15.9. The van der Waals surface area contributed by atoms with Gasteiger partial charge in [0.15, 0.2) is 12.3 Å². The highest BCUT2D eigenvalue weighted by Crippen LogP contribution is 2.56. The Morgan fingerprint density at radius 3 is 1.89 bits per heavy atom. The molecule has 9 rings (SSSR count). The van der Waals surface area contributed by atoms with Crippen molar-refractivity contribution >= 4 is 22.8 Å². The summed E-state index contributed by atoms with van der Waals surface area (Å²) in [5.74, 6) is 1.59. The number of methoxy groups -OCH3 is 2. The number of aliphatic hydroxyl groups excluding tert-OH is 1. The Morgan fingerprint density at radius 1 is 0.611 bits per heavy atom. The Kier molecular flexibility index (Phi) is 14.3. The molecule has 0 atom stereocenters. The number of fused-ring (bicyclic) bond motifs is 5. The fourth-order valence-electron chi connectivity index (χ4n) is 11.9. The predicted octanol–water partition coefficient (Wildman–Crippen LogP) is 13.8. The van der Waals surface area contributed by atoms with Crippen LogP contribution in [-0.2, 0) is 26.6 Å². The van der Waals surface area contributed by atoms with Crippen LogP contribution < -0.4 is 19.3 Å². The van der Waals surface area contributed by atoms with Gasteiger partial charge in [-0.25, -0.2) is 0 Å². The van der Waals surface area contributed by atoms with Gasteiger partial charge < -0.3 is 29.1 Å². The summed E-state index contributed by atoms with van der Waals surface area (Å²) in [6.45, 7) is 22.6. The zero-order chi connectivity index (χ0) is 50.8. The third-order valence-corrected chi connectivity index (χ3v) is 15.9.